The van der Waals surface area contributed by atoms with E-state index in [1.54, 1.807) is 24.3 Å². The van der Waals surface area contributed by atoms with Gasteiger partial charge in [-0.05, 0) is 34.1 Å². The number of nitrogens with zero attached hydrogens (tertiary/aromatic N) is 2. The molecule has 1 aromatic carbocycles. The molecule has 3 heterocycles. The van der Waals surface area contributed by atoms with Crippen molar-refractivity contribution in [2.24, 2.45) is 9.98 Å². The average molecular weight is 459 g/mol. The maximum atomic E-state index is 11.3. The highest BCUT2D eigenvalue weighted by Crippen LogP contribution is 2.18. The van der Waals surface area contributed by atoms with Crippen molar-refractivity contribution < 1.29 is 9.52 Å². The van der Waals surface area contributed by atoms with Gasteiger partial charge in [-0.25, -0.2) is 9.98 Å². The van der Waals surface area contributed by atoms with Crippen LogP contribution in [0.2, 0.25) is 10.0 Å². The number of rotatable bonds is 1. The molecule has 1 aliphatic heterocycles. The predicted molar refractivity (Wildman–Crippen MR) is 98.0 cm³/mol. The monoisotopic (exact) mass is 457 g/mol. The normalized spacial score (nSPS) is 13.7. The van der Waals surface area contributed by atoms with Gasteiger partial charge in [-0.15, -0.1) is 0 Å². The van der Waals surface area contributed by atoms with Crippen LogP contribution in [0, 0.1) is 0 Å². The van der Waals surface area contributed by atoms with Crippen molar-refractivity contribution in [2.75, 3.05) is 0 Å². The minimum absolute atomic E-state index is 0.205. The van der Waals surface area contributed by atoms with E-state index in [-0.39, 0.29) is 10.8 Å². The molecule has 0 saturated carbocycles. The second kappa shape index (κ2) is 6.14. The highest BCUT2D eigenvalue weighted by atomic mass is 79.9. The summed E-state index contributed by atoms with van der Waals surface area (Å²) in [7, 11) is 0. The second-order valence-corrected chi connectivity index (χ2v) is 7.68. The van der Waals surface area contributed by atoms with Crippen molar-refractivity contribution in [2.45, 2.75) is 0 Å². The molecular weight excluding hydrogens is 453 g/mol. The first-order valence-corrected chi connectivity index (χ1v) is 9.13. The Morgan fingerprint density at radius 1 is 1.20 bits per heavy atom. The van der Waals surface area contributed by atoms with E-state index in [4.69, 9.17) is 27.6 Å². The van der Waals surface area contributed by atoms with Gasteiger partial charge in [-0.3, -0.25) is 9.78 Å². The van der Waals surface area contributed by atoms with E-state index in [1.165, 1.54) is 0 Å². The van der Waals surface area contributed by atoms with E-state index < -0.39 is 0 Å². The van der Waals surface area contributed by atoms with Gasteiger partial charge in [0.1, 0.15) is 5.42 Å². The fraction of sp³-hybridized carbons (Fsp3) is 0. The molecule has 2 N–H and O–H groups in total. The SMILES string of the molecule is O=c1[nH]c(O)c(C=c2cc(Br)c(=C3N=c4cc(Cl)c(Cl)cc4=N3)o2)s1. The average Bonchev–Trinajstić information content (AvgIpc) is 3.18. The van der Waals surface area contributed by atoms with E-state index in [1.807, 2.05) is 0 Å². The second-order valence-electron chi connectivity index (χ2n) is 5.00. The van der Waals surface area contributed by atoms with Gasteiger partial charge >= 0.3 is 4.87 Å². The van der Waals surface area contributed by atoms with Crippen LogP contribution in [0.25, 0.3) is 11.9 Å². The van der Waals surface area contributed by atoms with Crippen LogP contribution >= 0.6 is 50.5 Å². The molecule has 0 saturated heterocycles. The third kappa shape index (κ3) is 3.06. The van der Waals surface area contributed by atoms with Gasteiger partial charge in [0.05, 0.1) is 30.1 Å². The van der Waals surface area contributed by atoms with E-state index in [2.05, 4.69) is 30.9 Å². The van der Waals surface area contributed by atoms with Gasteiger partial charge in [0.25, 0.3) is 0 Å². The number of aromatic nitrogens is 1. The van der Waals surface area contributed by atoms with Crippen LogP contribution in [0.4, 0.5) is 0 Å². The highest BCUT2D eigenvalue weighted by molar-refractivity contribution is 9.10. The fourth-order valence-electron chi connectivity index (χ4n) is 2.23. The van der Waals surface area contributed by atoms with Crippen molar-refractivity contribution in [3.8, 4) is 5.88 Å². The number of hydrogen-bond donors (Lipinski definition) is 2. The molecule has 25 heavy (non-hydrogen) atoms. The van der Waals surface area contributed by atoms with E-state index in [0.717, 1.165) is 11.3 Å². The van der Waals surface area contributed by atoms with Gasteiger partial charge in [-0.2, -0.15) is 0 Å². The number of thiazole rings is 1. The summed E-state index contributed by atoms with van der Waals surface area (Å²) in [4.78, 5) is 22.3. The number of aromatic hydroxyl groups is 1. The maximum absolute atomic E-state index is 11.3. The number of H-pyrrole nitrogens is 1. The Bertz CT molecular complexity index is 1280. The third-order valence-electron chi connectivity index (χ3n) is 3.31. The van der Waals surface area contributed by atoms with E-state index in [0.29, 0.717) is 46.8 Å². The largest absolute Gasteiger partial charge is 0.493 e. The molecule has 0 unspecified atom stereocenters. The lowest BCUT2D eigenvalue weighted by atomic mass is 10.3. The molecule has 2 aromatic heterocycles. The summed E-state index contributed by atoms with van der Waals surface area (Å²) < 4.78 is 6.38. The molecule has 0 bridgehead atoms. The molecule has 126 valence electrons. The zero-order valence-electron chi connectivity index (χ0n) is 12.0. The van der Waals surface area contributed by atoms with Crippen LogP contribution in [-0.2, 0) is 0 Å². The first kappa shape index (κ1) is 16.6. The smallest absolute Gasteiger partial charge is 0.307 e. The minimum Gasteiger partial charge on any atom is -0.493 e. The van der Waals surface area contributed by atoms with Gasteiger partial charge in [-0.1, -0.05) is 34.5 Å². The molecule has 6 nitrogen and oxygen atoms in total. The van der Waals surface area contributed by atoms with Gasteiger partial charge in [0.2, 0.25) is 5.88 Å². The maximum Gasteiger partial charge on any atom is 0.307 e. The Hall–Kier alpha value is -1.87. The number of furan rings is 1. The van der Waals surface area contributed by atoms with Crippen molar-refractivity contribution in [3.05, 3.63) is 68.8 Å². The van der Waals surface area contributed by atoms with Gasteiger partial charge in [0, 0.05) is 6.08 Å². The van der Waals surface area contributed by atoms with Crippen LogP contribution in [-0.4, -0.2) is 10.1 Å². The van der Waals surface area contributed by atoms with Crippen LogP contribution in [0.1, 0.15) is 4.88 Å². The fourth-order valence-corrected chi connectivity index (χ4v) is 3.70. The van der Waals surface area contributed by atoms with Crippen molar-refractivity contribution in [3.63, 3.8) is 0 Å². The summed E-state index contributed by atoms with van der Waals surface area (Å²) in [6.45, 7) is 0. The van der Waals surface area contributed by atoms with Crippen LogP contribution < -0.4 is 26.4 Å². The number of halogens is 3. The Balaban J connectivity index is 1.92. The third-order valence-corrected chi connectivity index (χ3v) is 5.44. The lowest BCUT2D eigenvalue weighted by Crippen LogP contribution is -2.20. The summed E-state index contributed by atoms with van der Waals surface area (Å²) in [6, 6.07) is 4.96. The molecular formula is C15H6BrCl2N3O3S. The minimum atomic E-state index is -0.353. The van der Waals surface area contributed by atoms with Crippen molar-refractivity contribution >= 4 is 62.4 Å². The predicted octanol–water partition coefficient (Wildman–Crippen LogP) is 1.65. The number of hydrogen-bond acceptors (Lipinski definition) is 6. The molecule has 4 rings (SSSR count). The molecule has 0 radical (unpaired) electrons. The molecule has 0 atom stereocenters. The Morgan fingerprint density at radius 2 is 1.84 bits per heavy atom. The molecule has 0 amide bonds. The summed E-state index contributed by atoms with van der Waals surface area (Å²) in [5.74, 6) is 0.162. The number of benzene rings is 1. The van der Waals surface area contributed by atoms with Gasteiger partial charge in [0.15, 0.2) is 11.2 Å². The summed E-state index contributed by atoms with van der Waals surface area (Å²) in [5, 5.41) is 11.6. The summed E-state index contributed by atoms with van der Waals surface area (Å²) in [5.41, 5.74) is 0.842. The molecule has 0 spiro atoms. The lowest BCUT2D eigenvalue weighted by Gasteiger charge is -1.90. The molecule has 0 aliphatic carbocycles. The topological polar surface area (TPSA) is 91.0 Å². The van der Waals surface area contributed by atoms with Gasteiger partial charge < -0.3 is 9.52 Å². The van der Waals surface area contributed by atoms with E-state index in [9.17, 15) is 9.90 Å². The zero-order chi connectivity index (χ0) is 17.7. The number of aromatic amines is 1. The van der Waals surface area contributed by atoms with Crippen LogP contribution in [0.5, 0.6) is 5.88 Å². The standard InChI is InChI=1S/C15H6BrCl2N3O3S/c16-6-1-5(2-11-14(22)21-15(23)25-11)24-12(6)13-19-9-3-7(17)8(18)4-10(9)20-13/h1-4,22H,(H,21,23). The van der Waals surface area contributed by atoms with Crippen molar-refractivity contribution in [1.82, 2.24) is 4.98 Å². The molecule has 10 heteroatoms. The molecule has 1 aliphatic rings. The Labute approximate surface area is 161 Å². The van der Waals surface area contributed by atoms with E-state index >= 15 is 0 Å². The summed E-state index contributed by atoms with van der Waals surface area (Å²) >= 11 is 16.3. The van der Waals surface area contributed by atoms with Crippen LogP contribution in [0.3, 0.4) is 0 Å². The number of fused-ring (bicyclic) bond motifs is 1. The Morgan fingerprint density at radius 3 is 2.40 bits per heavy atom. The first-order chi connectivity index (χ1) is 11.9. The van der Waals surface area contributed by atoms with Crippen LogP contribution in [0.15, 0.2) is 41.9 Å². The number of nitrogens with one attached hydrogen (secondary N) is 1. The molecule has 3 aromatic rings. The van der Waals surface area contributed by atoms with Crippen molar-refractivity contribution in [1.29, 1.82) is 0 Å². The highest BCUT2D eigenvalue weighted by Gasteiger charge is 2.11. The molecule has 0 fully saturated rings. The first-order valence-electron chi connectivity index (χ1n) is 6.77. The Kier molecular flexibility index (Phi) is 4.07. The lowest BCUT2D eigenvalue weighted by molar-refractivity contribution is 0.454. The quantitative estimate of drug-likeness (QED) is 0.580. The summed E-state index contributed by atoms with van der Waals surface area (Å²) in [6.07, 6.45) is 1.54. The zero-order valence-corrected chi connectivity index (χ0v) is 15.9.